The van der Waals surface area contributed by atoms with E-state index in [1.165, 1.54) is 30.6 Å². The van der Waals surface area contributed by atoms with E-state index in [1.54, 1.807) is 4.90 Å². The van der Waals surface area contributed by atoms with Crippen molar-refractivity contribution in [2.75, 3.05) is 13.1 Å². The molecule has 116 valence electrons. The summed E-state index contributed by atoms with van der Waals surface area (Å²) in [6, 6.07) is 6.71. The molecule has 2 N–H and O–H groups in total. The van der Waals surface area contributed by atoms with E-state index in [-0.39, 0.29) is 17.8 Å². The number of halogens is 1. The van der Waals surface area contributed by atoms with Crippen molar-refractivity contribution in [2.24, 2.45) is 5.92 Å². The van der Waals surface area contributed by atoms with E-state index < -0.39 is 0 Å². The van der Waals surface area contributed by atoms with Crippen molar-refractivity contribution in [1.82, 2.24) is 0 Å². The molecule has 0 radical (unpaired) electrons. The van der Waals surface area contributed by atoms with E-state index in [4.69, 9.17) is 0 Å². The first kappa shape index (κ1) is 16.4. The monoisotopic (exact) mass is 307 g/mol. The maximum Gasteiger partial charge on any atom is 0.115 e. The largest absolute Gasteiger partial charge is 1.00 e. The van der Waals surface area contributed by atoms with Gasteiger partial charge in [-0.25, -0.2) is 0 Å². The molecule has 3 heteroatoms. The molecule has 4 atom stereocenters. The van der Waals surface area contributed by atoms with Crippen LogP contribution in [0.1, 0.15) is 37.8 Å². The van der Waals surface area contributed by atoms with Crippen LogP contribution < -0.4 is 17.3 Å². The lowest BCUT2D eigenvalue weighted by molar-refractivity contribution is -0.936. The summed E-state index contributed by atoms with van der Waals surface area (Å²) in [4.78, 5) is 1.74. The molecule has 3 rings (SSSR count). The van der Waals surface area contributed by atoms with Gasteiger partial charge in [0.25, 0.3) is 0 Å². The van der Waals surface area contributed by atoms with Crippen molar-refractivity contribution in [3.8, 4) is 5.75 Å². The fourth-order valence-electron chi connectivity index (χ4n) is 4.44. The number of likely N-dealkylation sites (tertiary alicyclic amines) is 1. The molecule has 1 saturated heterocycles. The summed E-state index contributed by atoms with van der Waals surface area (Å²) in [5, 5.41) is 9.84. The zero-order valence-corrected chi connectivity index (χ0v) is 13.8. The highest BCUT2D eigenvalue weighted by Crippen LogP contribution is 2.45. The van der Waals surface area contributed by atoms with Gasteiger partial charge in [-0.3, -0.25) is 0 Å². The number of phenolic OH excluding ortho intramolecular Hbond substituents is 1. The normalized spacial score (nSPS) is 33.7. The highest BCUT2D eigenvalue weighted by atomic mass is 35.5. The van der Waals surface area contributed by atoms with E-state index in [0.717, 1.165) is 12.8 Å². The van der Waals surface area contributed by atoms with Crippen LogP contribution in [0.15, 0.2) is 30.9 Å². The molecule has 1 heterocycles. The van der Waals surface area contributed by atoms with Crippen LogP contribution in [0.5, 0.6) is 5.75 Å². The summed E-state index contributed by atoms with van der Waals surface area (Å²) in [6.45, 7) is 11.1. The van der Waals surface area contributed by atoms with E-state index >= 15 is 0 Å². The first-order valence-corrected chi connectivity index (χ1v) is 7.84. The van der Waals surface area contributed by atoms with Gasteiger partial charge in [-0.05, 0) is 23.3 Å². The van der Waals surface area contributed by atoms with Crippen molar-refractivity contribution in [2.45, 2.75) is 44.6 Å². The molecule has 1 aromatic carbocycles. The summed E-state index contributed by atoms with van der Waals surface area (Å²) in [5.41, 5.74) is 3.07. The van der Waals surface area contributed by atoms with Gasteiger partial charge < -0.3 is 22.4 Å². The van der Waals surface area contributed by atoms with Crippen LogP contribution in [0.4, 0.5) is 0 Å². The molecule has 0 saturated carbocycles. The lowest BCUT2D eigenvalue weighted by Crippen LogP contribution is -3.18. The molecule has 1 aromatic rings. The number of hydrogen-bond donors (Lipinski definition) is 2. The first-order chi connectivity index (χ1) is 9.56. The van der Waals surface area contributed by atoms with Crippen molar-refractivity contribution >= 4 is 0 Å². The van der Waals surface area contributed by atoms with Gasteiger partial charge in [-0.15, -0.1) is 6.58 Å². The Morgan fingerprint density at radius 2 is 2.24 bits per heavy atom. The number of hydrogen-bond acceptors (Lipinski definition) is 1. The van der Waals surface area contributed by atoms with Gasteiger partial charge in [0.15, 0.2) is 0 Å². The Morgan fingerprint density at radius 1 is 1.48 bits per heavy atom. The van der Waals surface area contributed by atoms with Gasteiger partial charge >= 0.3 is 0 Å². The molecule has 1 aliphatic heterocycles. The highest BCUT2D eigenvalue weighted by molar-refractivity contribution is 5.43. The Balaban J connectivity index is 0.00000161. The number of nitrogens with one attached hydrogen (secondary N) is 1. The van der Waals surface area contributed by atoms with Crippen LogP contribution in [-0.4, -0.2) is 24.2 Å². The third-order valence-electron chi connectivity index (χ3n) is 5.92. The standard InChI is InChI=1S/C18H25NO.ClH/c1-4-5-9-19-10-8-18(3)13(2)17(19)11-14-6-7-15(20)12-16(14)18;/h4,6-7,12-13,17,20H,1,5,8-11H2,2-3H3;1H/t13-,17-,18-;/m0./s1. The lowest BCUT2D eigenvalue weighted by atomic mass is 9.59. The summed E-state index contributed by atoms with van der Waals surface area (Å²) in [6.07, 6.45) is 5.52. The summed E-state index contributed by atoms with van der Waals surface area (Å²) < 4.78 is 0. The molecule has 1 unspecified atom stereocenters. The maximum absolute atomic E-state index is 9.84. The lowest BCUT2D eigenvalue weighted by Gasteiger charge is -2.52. The van der Waals surface area contributed by atoms with Crippen molar-refractivity contribution in [3.05, 3.63) is 42.0 Å². The van der Waals surface area contributed by atoms with Crippen LogP contribution in [0.2, 0.25) is 0 Å². The number of rotatable bonds is 3. The number of fused-ring (bicyclic) bond motifs is 4. The molecule has 1 fully saturated rings. The number of aromatic hydroxyl groups is 1. The minimum absolute atomic E-state index is 0. The molecular formula is C18H26ClNO. The Kier molecular flexibility index (Phi) is 4.69. The average Bonchev–Trinajstić information content (AvgIpc) is 2.43. The Labute approximate surface area is 134 Å². The van der Waals surface area contributed by atoms with Crippen molar-refractivity contribution < 1.29 is 22.4 Å². The first-order valence-electron chi connectivity index (χ1n) is 7.84. The second kappa shape index (κ2) is 6.02. The zero-order chi connectivity index (χ0) is 14.3. The van der Waals surface area contributed by atoms with Crippen molar-refractivity contribution in [3.63, 3.8) is 0 Å². The zero-order valence-electron chi connectivity index (χ0n) is 13.0. The van der Waals surface area contributed by atoms with Gasteiger partial charge in [0.05, 0.1) is 19.1 Å². The smallest absolute Gasteiger partial charge is 0.115 e. The third kappa shape index (κ3) is 2.60. The predicted octanol–water partition coefficient (Wildman–Crippen LogP) is -0.921. The molecule has 2 aliphatic rings. The molecule has 1 aliphatic carbocycles. The van der Waals surface area contributed by atoms with Crippen LogP contribution in [0.25, 0.3) is 0 Å². The fraction of sp³-hybridized carbons (Fsp3) is 0.556. The predicted molar refractivity (Wildman–Crippen MR) is 82.2 cm³/mol. The minimum Gasteiger partial charge on any atom is -1.00 e. The number of quaternary nitrogens is 1. The number of phenols is 1. The van der Waals surface area contributed by atoms with Crippen LogP contribution in [0.3, 0.4) is 0 Å². The van der Waals surface area contributed by atoms with Crippen LogP contribution >= 0.6 is 0 Å². The molecule has 21 heavy (non-hydrogen) atoms. The molecule has 0 amide bonds. The van der Waals surface area contributed by atoms with E-state index in [0.29, 0.717) is 17.7 Å². The SMILES string of the molecule is C=CCC[NH+]1CC[C@]2(C)c3cc(O)ccc3C[C@H]1[C@@H]2C.[Cl-]. The molecule has 2 nitrogen and oxygen atoms in total. The van der Waals surface area contributed by atoms with E-state index in [9.17, 15) is 5.11 Å². The average molecular weight is 308 g/mol. The molecule has 0 spiro atoms. The van der Waals surface area contributed by atoms with Gasteiger partial charge in [-0.1, -0.05) is 26.0 Å². The molecular weight excluding hydrogens is 282 g/mol. The molecule has 0 aromatic heterocycles. The third-order valence-corrected chi connectivity index (χ3v) is 5.92. The Hall–Kier alpha value is -0.990. The van der Waals surface area contributed by atoms with Crippen molar-refractivity contribution in [1.29, 1.82) is 0 Å². The number of benzene rings is 1. The second-order valence-corrected chi connectivity index (χ2v) is 6.84. The van der Waals surface area contributed by atoms with Gasteiger partial charge in [-0.2, -0.15) is 0 Å². The quantitative estimate of drug-likeness (QED) is 0.694. The Bertz CT molecular complexity index is 530. The van der Waals surface area contributed by atoms with Crippen LogP contribution in [0, 0.1) is 5.92 Å². The number of piperidine rings is 1. The van der Waals surface area contributed by atoms with Gasteiger partial charge in [0.2, 0.25) is 0 Å². The second-order valence-electron chi connectivity index (χ2n) is 6.84. The topological polar surface area (TPSA) is 24.7 Å². The highest BCUT2D eigenvalue weighted by Gasteiger charge is 2.50. The van der Waals surface area contributed by atoms with Gasteiger partial charge in [0, 0.05) is 30.6 Å². The Morgan fingerprint density at radius 3 is 2.95 bits per heavy atom. The molecule has 2 bridgehead atoms. The summed E-state index contributed by atoms with van der Waals surface area (Å²) in [5.74, 6) is 1.09. The van der Waals surface area contributed by atoms with E-state index in [1.807, 2.05) is 18.2 Å². The summed E-state index contributed by atoms with van der Waals surface area (Å²) in [7, 11) is 0. The van der Waals surface area contributed by atoms with Crippen LogP contribution in [-0.2, 0) is 11.8 Å². The fourth-order valence-corrected chi connectivity index (χ4v) is 4.44. The van der Waals surface area contributed by atoms with Gasteiger partial charge in [0.1, 0.15) is 5.75 Å². The minimum atomic E-state index is 0. The maximum atomic E-state index is 9.84. The van der Waals surface area contributed by atoms with E-state index in [2.05, 4.69) is 26.5 Å². The summed E-state index contributed by atoms with van der Waals surface area (Å²) >= 11 is 0.